The van der Waals surface area contributed by atoms with Crippen molar-refractivity contribution >= 4 is 39.2 Å². The van der Waals surface area contributed by atoms with Gasteiger partial charge in [0.05, 0.1) is 12.8 Å². The molecular weight excluding hydrogens is 477 g/mol. The zero-order valence-electron chi connectivity index (χ0n) is 19.5. The second-order valence-corrected chi connectivity index (χ2v) is 8.32. The molecule has 15 heteroatoms. The van der Waals surface area contributed by atoms with Crippen LogP contribution in [0.1, 0.15) is 23.0 Å². The molecule has 0 aliphatic carbocycles. The fraction of sp³-hybridized carbons (Fsp3) is 0.211. The molecule has 0 unspecified atom stereocenters. The maximum Gasteiger partial charge on any atom is 0.421 e. The van der Waals surface area contributed by atoms with E-state index >= 15 is 0 Å². The number of sulfonamides is 1. The largest absolute Gasteiger partial charge is 0.421 e. The summed E-state index contributed by atoms with van der Waals surface area (Å²) in [6.07, 6.45) is -1.14. The Morgan fingerprint density at radius 3 is 2.47 bits per heavy atom. The first kappa shape index (κ1) is 21.8. The maximum atomic E-state index is 13.5. The highest BCUT2D eigenvalue weighted by Crippen LogP contribution is 2.34. The zero-order chi connectivity index (χ0) is 26.5. The molecule has 2 aromatic heterocycles. The Balaban J connectivity index is 1.86. The molecule has 0 aliphatic heterocycles. The minimum absolute atomic E-state index is 0.110. The van der Waals surface area contributed by atoms with Crippen molar-refractivity contribution in [2.24, 2.45) is 0 Å². The molecule has 0 aliphatic rings. The highest BCUT2D eigenvalue weighted by molar-refractivity contribution is 7.92. The summed E-state index contributed by atoms with van der Waals surface area (Å²) in [4.78, 5) is 27.0. The number of nitrogens with one attached hydrogen (secondary N) is 4. The van der Waals surface area contributed by atoms with Crippen molar-refractivity contribution in [2.75, 3.05) is 28.6 Å². The highest BCUT2D eigenvalue weighted by atomic mass is 32.2. The molecular formula is C19H19F3N8O3S. The minimum Gasteiger partial charge on any atom is -0.364 e. The number of benzene rings is 1. The number of amides is 1. The third kappa shape index (κ3) is 6.50. The summed E-state index contributed by atoms with van der Waals surface area (Å²) < 4.78 is 78.9. The number of rotatable bonds is 8. The Morgan fingerprint density at radius 1 is 1.12 bits per heavy atom. The molecule has 3 aromatic rings. The first-order valence-electron chi connectivity index (χ1n) is 10.5. The van der Waals surface area contributed by atoms with Crippen LogP contribution in [0.25, 0.3) is 0 Å². The van der Waals surface area contributed by atoms with Gasteiger partial charge in [-0.05, 0) is 24.3 Å². The maximum absolute atomic E-state index is 13.5. The van der Waals surface area contributed by atoms with Crippen LogP contribution in [0.5, 0.6) is 0 Å². The molecule has 180 valence electrons. The van der Waals surface area contributed by atoms with Crippen LogP contribution in [0.15, 0.2) is 42.9 Å². The second kappa shape index (κ2) is 9.86. The molecule has 1 amide bonds. The van der Waals surface area contributed by atoms with Crippen LogP contribution >= 0.6 is 0 Å². The molecule has 34 heavy (non-hydrogen) atoms. The Morgan fingerprint density at radius 2 is 1.82 bits per heavy atom. The predicted molar refractivity (Wildman–Crippen MR) is 118 cm³/mol. The molecule has 4 N–H and O–H groups in total. The normalized spacial score (nSPS) is 12.4. The lowest BCUT2D eigenvalue weighted by Crippen LogP contribution is -2.18. The number of alkyl halides is 3. The van der Waals surface area contributed by atoms with E-state index in [-0.39, 0.29) is 34.8 Å². The van der Waals surface area contributed by atoms with Crippen molar-refractivity contribution in [3.63, 3.8) is 0 Å². The quantitative estimate of drug-likeness (QED) is 0.367. The van der Waals surface area contributed by atoms with Gasteiger partial charge < -0.3 is 16.0 Å². The Kier molecular flexibility index (Phi) is 6.33. The molecule has 0 atom stereocenters. The van der Waals surface area contributed by atoms with E-state index in [0.29, 0.717) is 11.9 Å². The summed E-state index contributed by atoms with van der Waals surface area (Å²) in [5, 5.41) is 7.50. The van der Waals surface area contributed by atoms with E-state index in [2.05, 4.69) is 35.9 Å². The number of carbonyl (C=O) groups excluding carboxylic acids is 1. The average Bonchev–Trinajstić information content (AvgIpc) is 2.82. The lowest BCUT2D eigenvalue weighted by Gasteiger charge is -2.15. The average molecular weight is 498 g/mol. The van der Waals surface area contributed by atoms with E-state index < -0.39 is 40.0 Å². The van der Waals surface area contributed by atoms with Gasteiger partial charge in [0.15, 0.2) is 7.23 Å². The van der Waals surface area contributed by atoms with Crippen molar-refractivity contribution in [1.29, 1.82) is 0 Å². The summed E-state index contributed by atoms with van der Waals surface area (Å²) in [5.41, 5.74) is -0.648. The number of carbonyl (C=O) groups is 1. The summed E-state index contributed by atoms with van der Waals surface area (Å²) in [5.74, 6) is -1.67. The van der Waals surface area contributed by atoms with Gasteiger partial charge in [-0.2, -0.15) is 18.2 Å². The third-order valence-electron chi connectivity index (χ3n) is 4.09. The number of hydrogen-bond acceptors (Lipinski definition) is 9. The summed E-state index contributed by atoms with van der Waals surface area (Å²) in [6.45, 7) is -0.437. The Bertz CT molecular complexity index is 1340. The van der Waals surface area contributed by atoms with Gasteiger partial charge in [0, 0.05) is 38.2 Å². The van der Waals surface area contributed by atoms with E-state index in [1.54, 1.807) is 0 Å². The summed E-state index contributed by atoms with van der Waals surface area (Å²) in [7, 11) is -4.32. The van der Waals surface area contributed by atoms with Crippen molar-refractivity contribution < 1.29 is 29.2 Å². The molecule has 2 heterocycles. The van der Waals surface area contributed by atoms with E-state index in [4.69, 9.17) is 2.78 Å². The van der Waals surface area contributed by atoms with E-state index in [1.807, 2.05) is 0 Å². The molecule has 1 aromatic carbocycles. The number of halogens is 3. The second-order valence-electron chi connectivity index (χ2n) is 6.67. The van der Waals surface area contributed by atoms with Crippen molar-refractivity contribution in [1.82, 2.24) is 25.3 Å². The first-order chi connectivity index (χ1) is 16.9. The number of hydrogen-bond donors (Lipinski definition) is 4. The lowest BCUT2D eigenvalue weighted by molar-refractivity contribution is -0.137. The van der Waals surface area contributed by atoms with Crippen LogP contribution in [-0.2, 0) is 22.7 Å². The van der Waals surface area contributed by atoms with Gasteiger partial charge in [-0.25, -0.2) is 18.4 Å². The standard InChI is InChI=1S/C19H19F3N8O3S/c1-23-17(31)11-3-5-12(6-4-11)28-18-27-9-13(19(20,21)22)15(29-18)26-10-14-16(25-8-7-24-14)30-34(2,32)33/h3-9H,10H2,1-2H3,(H,23,31)(H,25,30)(H2,26,27,28,29)/i1D/hD. The SMILES string of the molecule is [2H]CNC(=O)c1ccc(Nc2ncc(C(F)(F)F)c(NCc3nccnc3N([2H])S(C)(=O)=O)n2)cc1. The van der Waals surface area contributed by atoms with E-state index in [9.17, 15) is 26.4 Å². The molecule has 0 saturated heterocycles. The molecule has 0 saturated carbocycles. The van der Waals surface area contributed by atoms with E-state index in [0.717, 1.165) is 12.5 Å². The van der Waals surface area contributed by atoms with Crippen LogP contribution in [0.3, 0.4) is 0 Å². The van der Waals surface area contributed by atoms with Gasteiger partial charge in [0.2, 0.25) is 16.0 Å². The van der Waals surface area contributed by atoms with Crippen molar-refractivity contribution in [2.45, 2.75) is 12.7 Å². The fourth-order valence-corrected chi connectivity index (χ4v) is 3.07. The third-order valence-corrected chi connectivity index (χ3v) is 4.59. The lowest BCUT2D eigenvalue weighted by atomic mass is 10.2. The number of aromatic nitrogens is 4. The van der Waals surface area contributed by atoms with Crippen molar-refractivity contribution in [3.8, 4) is 0 Å². The smallest absolute Gasteiger partial charge is 0.364 e. The summed E-state index contributed by atoms with van der Waals surface area (Å²) >= 11 is 0. The first-order valence-corrected chi connectivity index (χ1v) is 11.2. The number of nitrogens with zero attached hydrogens (tertiary/aromatic N) is 4. The van der Waals surface area contributed by atoms with Crippen molar-refractivity contribution in [3.05, 3.63) is 59.7 Å². The molecule has 11 nitrogen and oxygen atoms in total. The zero-order valence-corrected chi connectivity index (χ0v) is 18.3. The predicted octanol–water partition coefficient (Wildman–Crippen LogP) is 2.37. The van der Waals surface area contributed by atoms with Crippen LogP contribution < -0.4 is 20.7 Å². The molecule has 3 rings (SSSR count). The topological polar surface area (TPSA) is 151 Å². The minimum atomic E-state index is -4.81. The van der Waals surface area contributed by atoms with Crippen LogP contribution in [0.4, 0.5) is 36.4 Å². The fourth-order valence-electron chi connectivity index (χ4n) is 2.61. The number of anilines is 4. The molecule has 0 bridgehead atoms. The highest BCUT2D eigenvalue weighted by Gasteiger charge is 2.35. The van der Waals surface area contributed by atoms with Gasteiger partial charge in [-0.3, -0.25) is 14.5 Å². The summed E-state index contributed by atoms with van der Waals surface area (Å²) in [6, 6.07) is 5.85. The van der Waals surface area contributed by atoms with Gasteiger partial charge in [-0.1, -0.05) is 0 Å². The van der Waals surface area contributed by atoms with E-state index in [1.165, 1.54) is 30.5 Å². The Hall–Kier alpha value is -4.01. The van der Waals surface area contributed by atoms with Crippen LogP contribution in [0.2, 0.25) is 1.41 Å². The van der Waals surface area contributed by atoms with Gasteiger partial charge in [0.25, 0.3) is 5.91 Å². The molecule has 0 radical (unpaired) electrons. The molecule has 0 fully saturated rings. The van der Waals surface area contributed by atoms with Gasteiger partial charge in [0.1, 0.15) is 17.1 Å². The van der Waals surface area contributed by atoms with Crippen LogP contribution in [0, 0.1) is 0 Å². The monoisotopic (exact) mass is 498 g/mol. The van der Waals surface area contributed by atoms with Gasteiger partial charge >= 0.3 is 6.18 Å². The molecule has 0 spiro atoms. The van der Waals surface area contributed by atoms with Crippen LogP contribution in [-0.4, -0.2) is 47.5 Å². The Labute approximate surface area is 195 Å². The van der Waals surface area contributed by atoms with Gasteiger partial charge in [-0.15, -0.1) is 0 Å².